The van der Waals surface area contributed by atoms with Crippen molar-refractivity contribution in [2.45, 2.75) is 65.2 Å². The molecular formula is C25H33FO4. The van der Waals surface area contributed by atoms with Crippen LogP contribution in [0.2, 0.25) is 0 Å². The first-order chi connectivity index (χ1) is 14.6. The third kappa shape index (κ3) is 8.44. The Bertz CT molecular complexity index is 758. The highest BCUT2D eigenvalue weighted by atomic mass is 19.1. The Morgan fingerprint density at radius 3 is 2.07 bits per heavy atom. The van der Waals surface area contributed by atoms with Gasteiger partial charge in [-0.1, -0.05) is 52.4 Å². The summed E-state index contributed by atoms with van der Waals surface area (Å²) in [5.74, 6) is -0.0475. The highest BCUT2D eigenvalue weighted by Crippen LogP contribution is 2.24. The molecule has 164 valence electrons. The van der Waals surface area contributed by atoms with Gasteiger partial charge in [0.15, 0.2) is 11.6 Å². The van der Waals surface area contributed by atoms with Gasteiger partial charge < -0.3 is 14.2 Å². The van der Waals surface area contributed by atoms with Crippen LogP contribution in [-0.2, 0) is 0 Å². The Morgan fingerprint density at radius 2 is 1.37 bits per heavy atom. The van der Waals surface area contributed by atoms with Crippen LogP contribution in [0.4, 0.5) is 4.39 Å². The summed E-state index contributed by atoms with van der Waals surface area (Å²) in [7, 11) is 0. The van der Waals surface area contributed by atoms with Crippen LogP contribution < -0.4 is 14.2 Å². The van der Waals surface area contributed by atoms with Gasteiger partial charge in [-0.2, -0.15) is 0 Å². The zero-order valence-electron chi connectivity index (χ0n) is 18.1. The summed E-state index contributed by atoms with van der Waals surface area (Å²) in [6.07, 6.45) is 8.82. The van der Waals surface area contributed by atoms with Crippen LogP contribution in [0.25, 0.3) is 0 Å². The molecule has 4 nitrogen and oxygen atoms in total. The number of hydrogen-bond acceptors (Lipinski definition) is 4. The topological polar surface area (TPSA) is 44.8 Å². The van der Waals surface area contributed by atoms with Gasteiger partial charge >= 0.3 is 5.97 Å². The van der Waals surface area contributed by atoms with Gasteiger partial charge in [0, 0.05) is 6.07 Å². The van der Waals surface area contributed by atoms with E-state index < -0.39 is 11.8 Å². The minimum Gasteiger partial charge on any atom is -0.494 e. The Balaban J connectivity index is 1.81. The number of unbranched alkanes of at least 4 members (excludes halogenated alkanes) is 6. The fraction of sp³-hybridized carbons (Fsp3) is 0.480. The second kappa shape index (κ2) is 13.6. The van der Waals surface area contributed by atoms with E-state index in [0.29, 0.717) is 24.5 Å². The zero-order chi connectivity index (χ0) is 21.6. The van der Waals surface area contributed by atoms with Gasteiger partial charge in [-0.3, -0.25) is 0 Å². The van der Waals surface area contributed by atoms with Gasteiger partial charge in [-0.05, 0) is 49.2 Å². The monoisotopic (exact) mass is 416 g/mol. The maximum Gasteiger partial charge on any atom is 0.343 e. The number of carbonyl (C=O) groups excluding carboxylic acids is 1. The van der Waals surface area contributed by atoms with Crippen LogP contribution in [0.5, 0.6) is 17.2 Å². The lowest BCUT2D eigenvalue weighted by atomic mass is 10.2. The molecular weight excluding hydrogens is 383 g/mol. The molecule has 0 saturated carbocycles. The molecule has 0 aliphatic rings. The molecule has 0 spiro atoms. The molecule has 0 amide bonds. The summed E-state index contributed by atoms with van der Waals surface area (Å²) in [4.78, 5) is 12.3. The first-order valence-corrected chi connectivity index (χ1v) is 11.0. The second-order valence-corrected chi connectivity index (χ2v) is 7.32. The molecule has 0 aliphatic heterocycles. The number of esters is 1. The highest BCUT2D eigenvalue weighted by Gasteiger charge is 2.12. The third-order valence-corrected chi connectivity index (χ3v) is 4.73. The van der Waals surface area contributed by atoms with E-state index in [2.05, 4.69) is 13.8 Å². The molecule has 0 fully saturated rings. The Morgan fingerprint density at radius 1 is 0.767 bits per heavy atom. The Kier molecular flexibility index (Phi) is 10.8. The van der Waals surface area contributed by atoms with Crippen molar-refractivity contribution >= 4 is 5.97 Å². The van der Waals surface area contributed by atoms with Crippen LogP contribution >= 0.6 is 0 Å². The maximum atomic E-state index is 14.2. The van der Waals surface area contributed by atoms with Crippen LogP contribution in [0.3, 0.4) is 0 Å². The van der Waals surface area contributed by atoms with E-state index in [-0.39, 0.29) is 11.5 Å². The van der Waals surface area contributed by atoms with Crippen molar-refractivity contribution in [3.05, 3.63) is 53.8 Å². The molecule has 0 aliphatic carbocycles. The molecule has 0 saturated heterocycles. The fourth-order valence-corrected chi connectivity index (χ4v) is 2.95. The van der Waals surface area contributed by atoms with Crippen molar-refractivity contribution in [2.24, 2.45) is 0 Å². The summed E-state index contributed by atoms with van der Waals surface area (Å²) in [5, 5.41) is 0. The highest BCUT2D eigenvalue weighted by molar-refractivity contribution is 5.91. The van der Waals surface area contributed by atoms with Gasteiger partial charge in [0.25, 0.3) is 0 Å². The van der Waals surface area contributed by atoms with Gasteiger partial charge in [-0.25, -0.2) is 9.18 Å². The van der Waals surface area contributed by atoms with E-state index in [4.69, 9.17) is 14.2 Å². The largest absolute Gasteiger partial charge is 0.494 e. The molecule has 0 heterocycles. The van der Waals surface area contributed by atoms with Gasteiger partial charge in [0.05, 0.1) is 18.8 Å². The molecule has 0 unspecified atom stereocenters. The van der Waals surface area contributed by atoms with Gasteiger partial charge in [-0.15, -0.1) is 0 Å². The molecule has 0 atom stereocenters. The predicted octanol–water partition coefficient (Wildman–Crippen LogP) is 6.96. The van der Waals surface area contributed by atoms with Crippen LogP contribution in [0.1, 0.15) is 75.6 Å². The predicted molar refractivity (Wildman–Crippen MR) is 117 cm³/mol. The molecule has 2 aromatic rings. The SMILES string of the molecule is CCCCCCCOc1ccc(OC(=O)c2ccc(OCCCCC)cc2)cc1F. The number of halogens is 1. The molecule has 5 heteroatoms. The molecule has 2 aromatic carbocycles. The van der Waals surface area contributed by atoms with E-state index in [1.54, 1.807) is 30.3 Å². The minimum atomic E-state index is -0.545. The van der Waals surface area contributed by atoms with Crippen LogP contribution in [0.15, 0.2) is 42.5 Å². The Labute approximate surface area is 179 Å². The van der Waals surface area contributed by atoms with Crippen molar-refractivity contribution in [1.82, 2.24) is 0 Å². The van der Waals surface area contributed by atoms with E-state index >= 15 is 0 Å². The number of carbonyl (C=O) groups is 1. The summed E-state index contributed by atoms with van der Waals surface area (Å²) in [6.45, 7) is 5.44. The summed E-state index contributed by atoms with van der Waals surface area (Å²) in [5.41, 5.74) is 0.378. The van der Waals surface area contributed by atoms with E-state index in [0.717, 1.165) is 32.1 Å². The van der Waals surface area contributed by atoms with Gasteiger partial charge in [0.1, 0.15) is 11.5 Å². The molecule has 2 rings (SSSR count). The van der Waals surface area contributed by atoms with E-state index in [1.165, 1.54) is 31.4 Å². The first-order valence-electron chi connectivity index (χ1n) is 11.0. The van der Waals surface area contributed by atoms with Crippen molar-refractivity contribution in [3.63, 3.8) is 0 Å². The Hall–Kier alpha value is -2.56. The van der Waals surface area contributed by atoms with E-state index in [9.17, 15) is 9.18 Å². The molecule has 0 bridgehead atoms. The smallest absolute Gasteiger partial charge is 0.343 e. The lowest BCUT2D eigenvalue weighted by Gasteiger charge is -2.10. The van der Waals surface area contributed by atoms with Crippen molar-refractivity contribution in [3.8, 4) is 17.2 Å². The molecule has 0 N–H and O–H groups in total. The summed E-state index contributed by atoms with van der Waals surface area (Å²) in [6, 6.07) is 11.0. The third-order valence-electron chi connectivity index (χ3n) is 4.73. The summed E-state index contributed by atoms with van der Waals surface area (Å²) < 4.78 is 30.6. The number of ether oxygens (including phenoxy) is 3. The minimum absolute atomic E-state index is 0.146. The van der Waals surface area contributed by atoms with Crippen LogP contribution in [0, 0.1) is 5.82 Å². The number of rotatable bonds is 14. The lowest BCUT2D eigenvalue weighted by Crippen LogP contribution is -2.09. The molecule has 0 aromatic heterocycles. The second-order valence-electron chi connectivity index (χ2n) is 7.32. The fourth-order valence-electron chi connectivity index (χ4n) is 2.95. The average molecular weight is 417 g/mol. The standard InChI is InChI=1S/C25H33FO4/c1-3-5-7-8-10-18-29-24-16-15-22(19-23(24)26)30-25(27)20-11-13-21(14-12-20)28-17-9-6-4-2/h11-16,19H,3-10,17-18H2,1-2H3. The maximum absolute atomic E-state index is 14.2. The molecule has 30 heavy (non-hydrogen) atoms. The number of benzene rings is 2. The van der Waals surface area contributed by atoms with Crippen LogP contribution in [-0.4, -0.2) is 19.2 Å². The normalized spacial score (nSPS) is 10.6. The van der Waals surface area contributed by atoms with Crippen molar-refractivity contribution in [1.29, 1.82) is 0 Å². The average Bonchev–Trinajstić information content (AvgIpc) is 2.75. The first kappa shape index (κ1) is 23.7. The van der Waals surface area contributed by atoms with Crippen molar-refractivity contribution in [2.75, 3.05) is 13.2 Å². The quantitative estimate of drug-likeness (QED) is 0.190. The van der Waals surface area contributed by atoms with Gasteiger partial charge in [0.2, 0.25) is 0 Å². The zero-order valence-corrected chi connectivity index (χ0v) is 18.1. The van der Waals surface area contributed by atoms with Crippen molar-refractivity contribution < 1.29 is 23.4 Å². The lowest BCUT2D eigenvalue weighted by molar-refractivity contribution is 0.0734. The number of hydrogen-bond donors (Lipinski definition) is 0. The van der Waals surface area contributed by atoms with E-state index in [1.807, 2.05) is 0 Å². The molecule has 0 radical (unpaired) electrons. The summed E-state index contributed by atoms with van der Waals surface area (Å²) >= 11 is 0.